The second-order valence-corrected chi connectivity index (χ2v) is 4.65. The molecule has 0 saturated heterocycles. The average Bonchev–Trinajstić information content (AvgIpc) is 2.91. The molecular formula is C14H11ClN4O. The lowest BCUT2D eigenvalue weighted by atomic mass is 10.2. The van der Waals surface area contributed by atoms with E-state index < -0.39 is 0 Å². The van der Waals surface area contributed by atoms with Crippen molar-refractivity contribution in [1.29, 1.82) is 0 Å². The van der Waals surface area contributed by atoms with Crippen molar-refractivity contribution >= 4 is 28.4 Å². The highest BCUT2D eigenvalue weighted by Crippen LogP contribution is 2.21. The smallest absolute Gasteiger partial charge is 0.267 e. The molecule has 1 amide bonds. The highest BCUT2D eigenvalue weighted by molar-refractivity contribution is 6.33. The van der Waals surface area contributed by atoms with Gasteiger partial charge in [-0.05, 0) is 23.8 Å². The molecule has 0 saturated carbocycles. The Balaban J connectivity index is 1.77. The van der Waals surface area contributed by atoms with Crippen molar-refractivity contribution in [3.63, 3.8) is 0 Å². The van der Waals surface area contributed by atoms with E-state index in [1.54, 1.807) is 30.7 Å². The normalized spacial score (nSPS) is 10.7. The largest absolute Gasteiger partial charge is 0.348 e. The number of rotatable bonds is 3. The molecule has 0 aliphatic carbocycles. The maximum atomic E-state index is 12.1. The predicted octanol–water partition coefficient (Wildman–Crippen LogP) is 2.54. The lowest BCUT2D eigenvalue weighted by Crippen LogP contribution is -2.23. The number of aromatic amines is 1. The minimum absolute atomic E-state index is 0.193. The van der Waals surface area contributed by atoms with Crippen molar-refractivity contribution in [2.75, 3.05) is 0 Å². The fourth-order valence-electron chi connectivity index (χ4n) is 1.92. The molecular weight excluding hydrogens is 276 g/mol. The first-order chi connectivity index (χ1) is 9.74. The number of hydrogen-bond acceptors (Lipinski definition) is 3. The third kappa shape index (κ3) is 2.48. The van der Waals surface area contributed by atoms with E-state index in [9.17, 15) is 4.79 Å². The van der Waals surface area contributed by atoms with Crippen LogP contribution in [0.4, 0.5) is 0 Å². The van der Waals surface area contributed by atoms with Crippen LogP contribution in [0.1, 0.15) is 16.1 Å². The first-order valence-corrected chi connectivity index (χ1v) is 6.42. The summed E-state index contributed by atoms with van der Waals surface area (Å²) in [6.07, 6.45) is 5.01. The third-order valence-corrected chi connectivity index (χ3v) is 3.20. The zero-order chi connectivity index (χ0) is 13.9. The Morgan fingerprint density at radius 3 is 3.00 bits per heavy atom. The quantitative estimate of drug-likeness (QED) is 0.727. The Morgan fingerprint density at radius 2 is 2.25 bits per heavy atom. The SMILES string of the molecule is O=C(NCc1cccnc1)c1cc2ccnc(Cl)c2[nH]1. The van der Waals surface area contributed by atoms with Gasteiger partial charge >= 0.3 is 0 Å². The summed E-state index contributed by atoms with van der Waals surface area (Å²) in [6, 6.07) is 7.28. The van der Waals surface area contributed by atoms with Gasteiger partial charge in [-0.2, -0.15) is 0 Å². The van der Waals surface area contributed by atoms with Gasteiger partial charge < -0.3 is 10.3 Å². The molecule has 100 valence electrons. The number of fused-ring (bicyclic) bond motifs is 1. The number of amides is 1. The summed E-state index contributed by atoms with van der Waals surface area (Å²) in [5.74, 6) is -0.193. The molecule has 2 N–H and O–H groups in total. The van der Waals surface area contributed by atoms with Crippen LogP contribution >= 0.6 is 11.6 Å². The Labute approximate surface area is 120 Å². The van der Waals surface area contributed by atoms with Gasteiger partial charge in [-0.1, -0.05) is 17.7 Å². The minimum atomic E-state index is -0.193. The number of aromatic nitrogens is 3. The van der Waals surface area contributed by atoms with Crippen LogP contribution in [-0.4, -0.2) is 20.9 Å². The topological polar surface area (TPSA) is 70.7 Å². The van der Waals surface area contributed by atoms with Crippen molar-refractivity contribution in [3.8, 4) is 0 Å². The lowest BCUT2D eigenvalue weighted by molar-refractivity contribution is 0.0946. The predicted molar refractivity (Wildman–Crippen MR) is 76.5 cm³/mol. The third-order valence-electron chi connectivity index (χ3n) is 2.92. The second-order valence-electron chi connectivity index (χ2n) is 4.29. The van der Waals surface area contributed by atoms with Gasteiger partial charge in [0.25, 0.3) is 5.91 Å². The van der Waals surface area contributed by atoms with E-state index in [-0.39, 0.29) is 5.91 Å². The second kappa shape index (κ2) is 5.30. The molecule has 3 aromatic rings. The number of nitrogens with zero attached hydrogens (tertiary/aromatic N) is 2. The summed E-state index contributed by atoms with van der Waals surface area (Å²) in [6.45, 7) is 0.425. The lowest BCUT2D eigenvalue weighted by Gasteiger charge is -2.02. The number of pyridine rings is 2. The average molecular weight is 287 g/mol. The zero-order valence-corrected chi connectivity index (χ0v) is 11.2. The molecule has 5 nitrogen and oxygen atoms in total. The summed E-state index contributed by atoms with van der Waals surface area (Å²) >= 11 is 5.97. The zero-order valence-electron chi connectivity index (χ0n) is 10.4. The molecule has 0 aliphatic heterocycles. The summed E-state index contributed by atoms with van der Waals surface area (Å²) in [4.78, 5) is 23.0. The summed E-state index contributed by atoms with van der Waals surface area (Å²) in [7, 11) is 0. The van der Waals surface area contributed by atoms with Gasteiger partial charge in [0.2, 0.25) is 0 Å². The number of carbonyl (C=O) groups is 1. The number of nitrogens with one attached hydrogen (secondary N) is 2. The van der Waals surface area contributed by atoms with Crippen LogP contribution in [0.5, 0.6) is 0 Å². The van der Waals surface area contributed by atoms with Crippen LogP contribution < -0.4 is 5.32 Å². The van der Waals surface area contributed by atoms with Gasteiger partial charge in [-0.3, -0.25) is 9.78 Å². The number of carbonyl (C=O) groups excluding carboxylic acids is 1. The molecule has 0 spiro atoms. The van der Waals surface area contributed by atoms with Crippen LogP contribution in [0.3, 0.4) is 0 Å². The minimum Gasteiger partial charge on any atom is -0.348 e. The van der Waals surface area contributed by atoms with Crippen molar-refractivity contribution < 1.29 is 4.79 Å². The van der Waals surface area contributed by atoms with E-state index >= 15 is 0 Å². The summed E-state index contributed by atoms with van der Waals surface area (Å²) < 4.78 is 0. The van der Waals surface area contributed by atoms with Crippen molar-refractivity contribution in [2.45, 2.75) is 6.54 Å². The highest BCUT2D eigenvalue weighted by atomic mass is 35.5. The fourth-order valence-corrected chi connectivity index (χ4v) is 2.14. The van der Waals surface area contributed by atoms with Gasteiger partial charge in [-0.15, -0.1) is 0 Å². The fraction of sp³-hybridized carbons (Fsp3) is 0.0714. The maximum Gasteiger partial charge on any atom is 0.267 e. The van der Waals surface area contributed by atoms with Crippen molar-refractivity contribution in [2.24, 2.45) is 0 Å². The van der Waals surface area contributed by atoms with Crippen LogP contribution in [0.25, 0.3) is 10.9 Å². The molecule has 6 heteroatoms. The Morgan fingerprint density at radius 1 is 1.35 bits per heavy atom. The van der Waals surface area contributed by atoms with Gasteiger partial charge in [0.15, 0.2) is 5.15 Å². The van der Waals surface area contributed by atoms with Gasteiger partial charge in [0.1, 0.15) is 5.69 Å². The van der Waals surface area contributed by atoms with Gasteiger partial charge in [0.05, 0.1) is 5.52 Å². The monoisotopic (exact) mass is 286 g/mol. The first-order valence-electron chi connectivity index (χ1n) is 6.04. The van der Waals surface area contributed by atoms with Gasteiger partial charge in [0, 0.05) is 30.5 Å². The Kier molecular flexibility index (Phi) is 3.35. The highest BCUT2D eigenvalue weighted by Gasteiger charge is 2.11. The van der Waals surface area contributed by atoms with E-state index in [1.165, 1.54) is 0 Å². The molecule has 20 heavy (non-hydrogen) atoms. The molecule has 0 bridgehead atoms. The molecule has 0 unspecified atom stereocenters. The molecule has 0 fully saturated rings. The van der Waals surface area contributed by atoms with Crippen LogP contribution in [0, 0.1) is 0 Å². The number of hydrogen-bond donors (Lipinski definition) is 2. The molecule has 3 rings (SSSR count). The molecule has 3 heterocycles. The standard InChI is InChI=1S/C14H11ClN4O/c15-13-12-10(3-5-17-13)6-11(19-12)14(20)18-8-9-2-1-4-16-7-9/h1-7,19H,8H2,(H,18,20). The molecule has 0 radical (unpaired) electrons. The molecule has 0 aliphatic rings. The van der Waals surface area contributed by atoms with E-state index in [1.807, 2.05) is 12.1 Å². The summed E-state index contributed by atoms with van der Waals surface area (Å²) in [5.41, 5.74) is 2.07. The molecule has 0 atom stereocenters. The van der Waals surface area contributed by atoms with Crippen molar-refractivity contribution in [3.05, 3.63) is 59.3 Å². The Hall–Kier alpha value is -2.40. The molecule has 3 aromatic heterocycles. The number of halogens is 1. The van der Waals surface area contributed by atoms with Crippen LogP contribution in [0.15, 0.2) is 42.9 Å². The Bertz CT molecular complexity index is 754. The maximum absolute atomic E-state index is 12.1. The van der Waals surface area contributed by atoms with E-state index in [2.05, 4.69) is 20.3 Å². The van der Waals surface area contributed by atoms with E-state index in [4.69, 9.17) is 11.6 Å². The van der Waals surface area contributed by atoms with E-state index in [0.717, 1.165) is 10.9 Å². The van der Waals surface area contributed by atoms with Gasteiger partial charge in [-0.25, -0.2) is 4.98 Å². The van der Waals surface area contributed by atoms with Crippen LogP contribution in [0.2, 0.25) is 5.15 Å². The van der Waals surface area contributed by atoms with E-state index in [0.29, 0.717) is 22.9 Å². The first kappa shape index (κ1) is 12.6. The van der Waals surface area contributed by atoms with Crippen molar-refractivity contribution in [1.82, 2.24) is 20.3 Å². The van der Waals surface area contributed by atoms with Crippen LogP contribution in [-0.2, 0) is 6.54 Å². The summed E-state index contributed by atoms with van der Waals surface area (Å²) in [5, 5.41) is 4.04. The number of H-pyrrole nitrogens is 1. The molecule has 0 aromatic carbocycles.